The van der Waals surface area contributed by atoms with Crippen molar-refractivity contribution in [3.63, 3.8) is 0 Å². The van der Waals surface area contributed by atoms with Gasteiger partial charge in [-0.3, -0.25) is 4.79 Å². The third kappa shape index (κ3) is 4.12. The molecule has 0 aliphatic carbocycles. The second kappa shape index (κ2) is 7.75. The van der Waals surface area contributed by atoms with Crippen LogP contribution in [0.3, 0.4) is 0 Å². The van der Waals surface area contributed by atoms with Gasteiger partial charge in [-0.05, 0) is 18.9 Å². The van der Waals surface area contributed by atoms with Crippen molar-refractivity contribution < 1.29 is 14.1 Å². The molecule has 25 heavy (non-hydrogen) atoms. The van der Waals surface area contributed by atoms with Gasteiger partial charge in [0.15, 0.2) is 6.61 Å². The first-order valence-corrected chi connectivity index (χ1v) is 8.28. The van der Waals surface area contributed by atoms with E-state index in [1.807, 2.05) is 68.4 Å². The van der Waals surface area contributed by atoms with E-state index in [4.69, 9.17) is 9.26 Å². The second-order valence-corrected chi connectivity index (χ2v) is 5.86. The summed E-state index contributed by atoms with van der Waals surface area (Å²) in [6, 6.07) is 17.4. The molecule has 0 fully saturated rings. The quantitative estimate of drug-likeness (QED) is 0.629. The Morgan fingerprint density at radius 1 is 1.12 bits per heavy atom. The molecule has 2 aromatic carbocycles. The summed E-state index contributed by atoms with van der Waals surface area (Å²) in [6.07, 6.45) is 0.668. The first kappa shape index (κ1) is 16.9. The van der Waals surface area contributed by atoms with E-state index in [1.165, 1.54) is 0 Å². The summed E-state index contributed by atoms with van der Waals surface area (Å²) >= 11 is 0. The van der Waals surface area contributed by atoms with Gasteiger partial charge in [0.05, 0.1) is 5.92 Å². The van der Waals surface area contributed by atoms with Crippen LogP contribution in [0.15, 0.2) is 59.1 Å². The monoisotopic (exact) mass is 336 g/mol. The zero-order chi connectivity index (χ0) is 17.6. The summed E-state index contributed by atoms with van der Waals surface area (Å²) in [5, 5.41) is 3.94. The molecule has 0 saturated heterocycles. The minimum Gasteiger partial charge on any atom is -0.455 e. The molecule has 128 valence electrons. The molecular weight excluding hydrogens is 316 g/mol. The van der Waals surface area contributed by atoms with Gasteiger partial charge >= 0.3 is 5.97 Å². The number of hydrogen-bond donors (Lipinski definition) is 0. The van der Waals surface area contributed by atoms with Crippen LogP contribution in [-0.4, -0.2) is 16.1 Å². The third-order valence-corrected chi connectivity index (χ3v) is 4.01. The molecule has 0 spiro atoms. The Balaban J connectivity index is 1.63. The van der Waals surface area contributed by atoms with Crippen LogP contribution in [0.25, 0.3) is 11.4 Å². The minimum atomic E-state index is -0.291. The van der Waals surface area contributed by atoms with Crippen LogP contribution in [0.5, 0.6) is 0 Å². The van der Waals surface area contributed by atoms with Crippen molar-refractivity contribution in [2.24, 2.45) is 0 Å². The van der Waals surface area contributed by atoms with Crippen molar-refractivity contribution in [1.29, 1.82) is 0 Å². The topological polar surface area (TPSA) is 65.2 Å². The normalized spacial score (nSPS) is 11.9. The maximum Gasteiger partial charge on any atom is 0.313 e. The summed E-state index contributed by atoms with van der Waals surface area (Å²) in [4.78, 5) is 16.6. The van der Waals surface area contributed by atoms with Crippen molar-refractivity contribution in [3.8, 4) is 11.4 Å². The van der Waals surface area contributed by atoms with Crippen LogP contribution in [0.4, 0.5) is 0 Å². The molecule has 0 aliphatic rings. The highest BCUT2D eigenvalue weighted by atomic mass is 16.6. The van der Waals surface area contributed by atoms with Gasteiger partial charge in [-0.25, -0.2) is 0 Å². The van der Waals surface area contributed by atoms with E-state index in [-0.39, 0.29) is 24.4 Å². The number of ether oxygens (including phenoxy) is 1. The molecule has 1 aromatic heterocycles. The third-order valence-electron chi connectivity index (χ3n) is 4.01. The Morgan fingerprint density at radius 2 is 1.84 bits per heavy atom. The highest BCUT2D eigenvalue weighted by Gasteiger charge is 2.21. The lowest BCUT2D eigenvalue weighted by molar-refractivity contribution is -0.147. The second-order valence-electron chi connectivity index (χ2n) is 5.86. The largest absolute Gasteiger partial charge is 0.455 e. The van der Waals surface area contributed by atoms with E-state index in [0.717, 1.165) is 16.7 Å². The number of aromatic nitrogens is 2. The predicted octanol–water partition coefficient (Wildman–Crippen LogP) is 4.28. The van der Waals surface area contributed by atoms with E-state index in [1.54, 1.807) is 0 Å². The molecule has 1 heterocycles. The Morgan fingerprint density at radius 3 is 2.52 bits per heavy atom. The molecule has 0 radical (unpaired) electrons. The molecule has 0 N–H and O–H groups in total. The summed E-state index contributed by atoms with van der Waals surface area (Å²) in [7, 11) is 0. The SMILES string of the molecule is CC[C@@H](C(=O)OCc1nc(-c2ccc(C)cc2)no1)c1ccccc1. The molecule has 5 heteroatoms. The van der Waals surface area contributed by atoms with Crippen molar-refractivity contribution in [3.05, 3.63) is 71.6 Å². The molecule has 3 aromatic rings. The summed E-state index contributed by atoms with van der Waals surface area (Å²) in [5.41, 5.74) is 2.97. The van der Waals surface area contributed by atoms with Crippen molar-refractivity contribution >= 4 is 5.97 Å². The van der Waals surface area contributed by atoms with Gasteiger partial charge in [0.25, 0.3) is 5.89 Å². The maximum absolute atomic E-state index is 12.4. The molecule has 0 unspecified atom stereocenters. The number of aryl methyl sites for hydroxylation is 1. The summed E-state index contributed by atoms with van der Waals surface area (Å²) in [5.74, 6) is 0.192. The Kier molecular flexibility index (Phi) is 5.23. The molecule has 0 bridgehead atoms. The molecule has 0 amide bonds. The van der Waals surface area contributed by atoms with Gasteiger partial charge in [0.1, 0.15) is 0 Å². The van der Waals surface area contributed by atoms with E-state index < -0.39 is 0 Å². The lowest BCUT2D eigenvalue weighted by Gasteiger charge is -2.13. The zero-order valence-corrected chi connectivity index (χ0v) is 14.3. The summed E-state index contributed by atoms with van der Waals surface area (Å²) in [6.45, 7) is 3.95. The first-order chi connectivity index (χ1) is 12.2. The molecule has 0 saturated carbocycles. The van der Waals surface area contributed by atoms with Crippen LogP contribution in [0.1, 0.15) is 36.3 Å². The minimum absolute atomic E-state index is 0.0268. The van der Waals surface area contributed by atoms with Crippen LogP contribution < -0.4 is 0 Å². The van der Waals surface area contributed by atoms with Gasteiger partial charge in [0, 0.05) is 5.56 Å². The lowest BCUT2D eigenvalue weighted by Crippen LogP contribution is -2.15. The Labute approximate surface area is 146 Å². The van der Waals surface area contributed by atoms with E-state index in [0.29, 0.717) is 12.2 Å². The molecule has 1 atom stereocenters. The van der Waals surface area contributed by atoms with Crippen LogP contribution >= 0.6 is 0 Å². The average Bonchev–Trinajstić information content (AvgIpc) is 3.11. The first-order valence-electron chi connectivity index (χ1n) is 8.28. The average molecular weight is 336 g/mol. The zero-order valence-electron chi connectivity index (χ0n) is 14.3. The number of rotatable bonds is 6. The predicted molar refractivity (Wildman–Crippen MR) is 93.7 cm³/mol. The smallest absolute Gasteiger partial charge is 0.313 e. The van der Waals surface area contributed by atoms with Crippen molar-refractivity contribution in [2.45, 2.75) is 32.8 Å². The fourth-order valence-corrected chi connectivity index (χ4v) is 2.59. The van der Waals surface area contributed by atoms with E-state index >= 15 is 0 Å². The van der Waals surface area contributed by atoms with Gasteiger partial charge in [-0.2, -0.15) is 4.98 Å². The lowest BCUT2D eigenvalue weighted by atomic mass is 9.97. The van der Waals surface area contributed by atoms with Gasteiger partial charge in [0.2, 0.25) is 5.82 Å². The van der Waals surface area contributed by atoms with Crippen LogP contribution in [-0.2, 0) is 16.1 Å². The van der Waals surface area contributed by atoms with E-state index in [9.17, 15) is 4.79 Å². The standard InChI is InChI=1S/C20H20N2O3/c1-3-17(15-7-5-4-6-8-15)20(23)24-13-18-21-19(22-25-18)16-11-9-14(2)10-12-16/h4-12,17H,3,13H2,1-2H3/t17-/m1/s1. The van der Waals surface area contributed by atoms with Gasteiger partial charge in [-0.15, -0.1) is 0 Å². The maximum atomic E-state index is 12.4. The van der Waals surface area contributed by atoms with E-state index in [2.05, 4.69) is 10.1 Å². The van der Waals surface area contributed by atoms with Gasteiger partial charge in [-0.1, -0.05) is 72.2 Å². The number of carbonyl (C=O) groups excluding carboxylic acids is 1. The summed E-state index contributed by atoms with van der Waals surface area (Å²) < 4.78 is 10.5. The van der Waals surface area contributed by atoms with Crippen molar-refractivity contribution in [1.82, 2.24) is 10.1 Å². The van der Waals surface area contributed by atoms with Crippen LogP contribution in [0, 0.1) is 6.92 Å². The molecule has 5 nitrogen and oxygen atoms in total. The Bertz CT molecular complexity index is 826. The number of carbonyl (C=O) groups is 1. The fraction of sp³-hybridized carbons (Fsp3) is 0.250. The molecular formula is C20H20N2O3. The highest BCUT2D eigenvalue weighted by molar-refractivity contribution is 5.78. The number of hydrogen-bond acceptors (Lipinski definition) is 5. The van der Waals surface area contributed by atoms with Crippen molar-refractivity contribution in [2.75, 3.05) is 0 Å². The number of benzene rings is 2. The molecule has 0 aliphatic heterocycles. The highest BCUT2D eigenvalue weighted by Crippen LogP contribution is 2.22. The van der Waals surface area contributed by atoms with Crippen LogP contribution in [0.2, 0.25) is 0 Å². The Hall–Kier alpha value is -2.95. The number of nitrogens with zero attached hydrogens (tertiary/aromatic N) is 2. The molecule has 3 rings (SSSR count). The fourth-order valence-electron chi connectivity index (χ4n) is 2.59. The van der Waals surface area contributed by atoms with Gasteiger partial charge < -0.3 is 9.26 Å². The number of esters is 1.